The van der Waals surface area contributed by atoms with E-state index >= 15 is 0 Å². The molecule has 128 valence electrons. The number of hydrogen-bond acceptors (Lipinski definition) is 3. The molecule has 0 bridgehead atoms. The van der Waals surface area contributed by atoms with Crippen LogP contribution < -0.4 is 0 Å². The number of aryl methyl sites for hydroxylation is 1. The van der Waals surface area contributed by atoms with Crippen molar-refractivity contribution >= 4 is 12.0 Å². The van der Waals surface area contributed by atoms with Gasteiger partial charge in [-0.3, -0.25) is 4.79 Å². The van der Waals surface area contributed by atoms with Gasteiger partial charge in [-0.25, -0.2) is 4.79 Å². The van der Waals surface area contributed by atoms with E-state index in [0.717, 1.165) is 38.8 Å². The summed E-state index contributed by atoms with van der Waals surface area (Å²) in [6.07, 6.45) is 4.33. The fraction of sp³-hybridized carbons (Fsp3) is 0.579. The van der Waals surface area contributed by atoms with Crippen molar-refractivity contribution in [2.45, 2.75) is 44.1 Å². The Bertz CT molecular complexity index is 637. The van der Waals surface area contributed by atoms with Crippen molar-refractivity contribution in [2.75, 3.05) is 26.2 Å². The van der Waals surface area contributed by atoms with E-state index < -0.39 is 0 Å². The molecule has 0 radical (unpaired) electrons. The molecular weight excluding hydrogens is 304 g/mol. The van der Waals surface area contributed by atoms with Crippen LogP contribution in [0.1, 0.15) is 42.7 Å². The number of likely N-dealkylation sites (tertiary alicyclic amines) is 1. The summed E-state index contributed by atoms with van der Waals surface area (Å²) in [5.41, 5.74) is 2.77. The van der Waals surface area contributed by atoms with Crippen LogP contribution >= 0.6 is 0 Å². The second-order valence-electron chi connectivity index (χ2n) is 7.06. The number of hydrogen-bond donors (Lipinski definition) is 0. The minimum Gasteiger partial charge on any atom is -0.448 e. The van der Waals surface area contributed by atoms with Crippen LogP contribution in [0, 0.1) is 0 Å². The Morgan fingerprint density at radius 1 is 1.12 bits per heavy atom. The molecule has 2 fully saturated rings. The summed E-state index contributed by atoms with van der Waals surface area (Å²) in [5.74, 6) is 0.638. The molecule has 0 N–H and O–H groups in total. The van der Waals surface area contributed by atoms with Gasteiger partial charge in [0, 0.05) is 25.6 Å². The molecule has 2 heterocycles. The van der Waals surface area contributed by atoms with Crippen molar-refractivity contribution in [3.63, 3.8) is 0 Å². The second-order valence-corrected chi connectivity index (χ2v) is 7.06. The molecule has 2 amide bonds. The molecule has 1 atom stereocenters. The van der Waals surface area contributed by atoms with Crippen molar-refractivity contribution in [3.05, 3.63) is 35.4 Å². The molecule has 0 spiro atoms. The van der Waals surface area contributed by atoms with Crippen LogP contribution in [0.5, 0.6) is 0 Å². The van der Waals surface area contributed by atoms with Crippen LogP contribution in [0.2, 0.25) is 0 Å². The smallest absolute Gasteiger partial charge is 0.410 e. The van der Waals surface area contributed by atoms with E-state index in [1.807, 2.05) is 9.80 Å². The molecule has 0 unspecified atom stereocenters. The number of nitrogens with zero attached hydrogens (tertiary/aromatic N) is 2. The van der Waals surface area contributed by atoms with E-state index in [1.165, 1.54) is 11.1 Å². The lowest BCUT2D eigenvalue weighted by Gasteiger charge is -2.36. The van der Waals surface area contributed by atoms with E-state index in [-0.39, 0.29) is 18.0 Å². The SMILES string of the molecule is O=C(C[C@@H]1CCc2ccccc21)N1CCC(N2CCOC2=O)CC1. The maximum Gasteiger partial charge on any atom is 0.410 e. The third-order valence-corrected chi connectivity index (χ3v) is 5.73. The van der Waals surface area contributed by atoms with Gasteiger partial charge in [0.15, 0.2) is 0 Å². The summed E-state index contributed by atoms with van der Waals surface area (Å²) in [4.78, 5) is 28.1. The molecule has 0 aromatic heterocycles. The van der Waals surface area contributed by atoms with Crippen LogP contribution in [0.15, 0.2) is 24.3 Å². The number of piperidine rings is 1. The number of amides is 2. The zero-order chi connectivity index (χ0) is 16.5. The minimum absolute atomic E-state index is 0.192. The first-order valence-corrected chi connectivity index (χ1v) is 9.01. The molecule has 1 aliphatic carbocycles. The summed E-state index contributed by atoms with van der Waals surface area (Å²) in [6, 6.07) is 8.74. The Hall–Kier alpha value is -2.04. The quantitative estimate of drug-likeness (QED) is 0.857. The summed E-state index contributed by atoms with van der Waals surface area (Å²) in [5, 5.41) is 0. The molecule has 0 saturated carbocycles. The lowest BCUT2D eigenvalue weighted by Crippen LogP contribution is -2.47. The summed E-state index contributed by atoms with van der Waals surface area (Å²) in [6.45, 7) is 2.69. The fourth-order valence-corrected chi connectivity index (χ4v) is 4.36. The first kappa shape index (κ1) is 15.5. The van der Waals surface area contributed by atoms with Crippen molar-refractivity contribution in [3.8, 4) is 0 Å². The van der Waals surface area contributed by atoms with Crippen molar-refractivity contribution < 1.29 is 14.3 Å². The molecule has 3 aliphatic rings. The molecule has 24 heavy (non-hydrogen) atoms. The third-order valence-electron chi connectivity index (χ3n) is 5.73. The average Bonchev–Trinajstić information content (AvgIpc) is 3.22. The number of ether oxygens (including phenoxy) is 1. The topological polar surface area (TPSA) is 49.9 Å². The molecule has 2 saturated heterocycles. The van der Waals surface area contributed by atoms with E-state index in [9.17, 15) is 9.59 Å². The van der Waals surface area contributed by atoms with Gasteiger partial charge in [-0.15, -0.1) is 0 Å². The van der Waals surface area contributed by atoms with Crippen LogP contribution in [0.3, 0.4) is 0 Å². The largest absolute Gasteiger partial charge is 0.448 e. The van der Waals surface area contributed by atoms with Crippen LogP contribution in [-0.4, -0.2) is 54.1 Å². The molecule has 5 nitrogen and oxygen atoms in total. The predicted octanol–water partition coefficient (Wildman–Crippen LogP) is 2.55. The van der Waals surface area contributed by atoms with Gasteiger partial charge in [-0.1, -0.05) is 24.3 Å². The van der Waals surface area contributed by atoms with E-state index in [1.54, 1.807) is 0 Å². The van der Waals surface area contributed by atoms with Crippen molar-refractivity contribution in [2.24, 2.45) is 0 Å². The zero-order valence-electron chi connectivity index (χ0n) is 13.9. The Labute approximate surface area is 142 Å². The third kappa shape index (κ3) is 2.87. The number of benzene rings is 1. The Morgan fingerprint density at radius 2 is 1.92 bits per heavy atom. The number of carbonyl (C=O) groups excluding carboxylic acids is 2. The maximum absolute atomic E-state index is 12.7. The van der Waals surface area contributed by atoms with Crippen LogP contribution in [-0.2, 0) is 16.0 Å². The van der Waals surface area contributed by atoms with E-state index in [4.69, 9.17) is 4.74 Å². The van der Waals surface area contributed by atoms with Crippen LogP contribution in [0.4, 0.5) is 4.79 Å². The van der Waals surface area contributed by atoms with Gasteiger partial charge >= 0.3 is 6.09 Å². The summed E-state index contributed by atoms with van der Waals surface area (Å²) >= 11 is 0. The normalized spacial score (nSPS) is 24.2. The molecular formula is C19H24N2O3. The van der Waals surface area contributed by atoms with Gasteiger partial charge in [0.1, 0.15) is 6.61 Å². The standard InChI is InChI=1S/C19H24N2O3/c22-18(13-15-6-5-14-3-1-2-4-17(14)15)20-9-7-16(8-10-20)21-11-12-24-19(21)23/h1-4,15-16H,5-13H2/t15-/m0/s1. The van der Waals surface area contributed by atoms with Crippen molar-refractivity contribution in [1.29, 1.82) is 0 Å². The number of fused-ring (bicyclic) bond motifs is 1. The Balaban J connectivity index is 1.32. The number of rotatable bonds is 3. The van der Waals surface area contributed by atoms with E-state index in [0.29, 0.717) is 25.5 Å². The van der Waals surface area contributed by atoms with Gasteiger partial charge < -0.3 is 14.5 Å². The second kappa shape index (κ2) is 6.46. The fourth-order valence-electron chi connectivity index (χ4n) is 4.36. The Kier molecular flexibility index (Phi) is 4.17. The summed E-state index contributed by atoms with van der Waals surface area (Å²) < 4.78 is 5.02. The van der Waals surface area contributed by atoms with Crippen molar-refractivity contribution in [1.82, 2.24) is 9.80 Å². The van der Waals surface area contributed by atoms with Gasteiger partial charge in [0.05, 0.1) is 6.54 Å². The highest BCUT2D eigenvalue weighted by molar-refractivity contribution is 5.77. The van der Waals surface area contributed by atoms with Gasteiger partial charge in [0.25, 0.3) is 0 Å². The molecule has 4 rings (SSSR count). The number of carbonyl (C=O) groups is 2. The molecule has 2 aliphatic heterocycles. The van der Waals surface area contributed by atoms with Gasteiger partial charge in [-0.05, 0) is 42.7 Å². The Morgan fingerprint density at radius 3 is 2.67 bits per heavy atom. The lowest BCUT2D eigenvalue weighted by atomic mass is 9.96. The number of cyclic esters (lactones) is 1. The maximum atomic E-state index is 12.7. The molecule has 5 heteroatoms. The van der Waals surface area contributed by atoms with E-state index in [2.05, 4.69) is 24.3 Å². The lowest BCUT2D eigenvalue weighted by molar-refractivity contribution is -0.133. The highest BCUT2D eigenvalue weighted by atomic mass is 16.6. The average molecular weight is 328 g/mol. The first-order valence-electron chi connectivity index (χ1n) is 9.01. The van der Waals surface area contributed by atoms with Gasteiger partial charge in [0.2, 0.25) is 5.91 Å². The first-order chi connectivity index (χ1) is 11.7. The predicted molar refractivity (Wildman–Crippen MR) is 89.8 cm³/mol. The minimum atomic E-state index is -0.192. The van der Waals surface area contributed by atoms with Gasteiger partial charge in [-0.2, -0.15) is 0 Å². The zero-order valence-corrected chi connectivity index (χ0v) is 13.9. The highest BCUT2D eigenvalue weighted by Crippen LogP contribution is 2.35. The summed E-state index contributed by atoms with van der Waals surface area (Å²) in [7, 11) is 0. The monoisotopic (exact) mass is 328 g/mol. The highest BCUT2D eigenvalue weighted by Gasteiger charge is 2.34. The molecule has 1 aromatic rings. The molecule has 1 aromatic carbocycles. The van der Waals surface area contributed by atoms with Crippen LogP contribution in [0.25, 0.3) is 0 Å².